The van der Waals surface area contributed by atoms with Gasteiger partial charge in [0, 0.05) is 6.42 Å². The standard InChI is InChI=1S/C21H25NO2/c23-21(13-10-17-6-2-1-3-7-17)22-14-15-24-20-12-11-18-8-4-5-9-19(18)16-20/h1-3,6-7,11-12,16H,4-5,8-10,13-15H2,(H,22,23). The Morgan fingerprint density at radius 1 is 1.00 bits per heavy atom. The largest absolute Gasteiger partial charge is 0.492 e. The van der Waals surface area contributed by atoms with Crippen LogP contribution in [0.1, 0.15) is 36.0 Å². The molecule has 0 aliphatic heterocycles. The van der Waals surface area contributed by atoms with Crippen LogP contribution in [0.5, 0.6) is 5.75 Å². The van der Waals surface area contributed by atoms with E-state index in [0.29, 0.717) is 19.6 Å². The fraction of sp³-hybridized carbons (Fsp3) is 0.381. The number of rotatable bonds is 7. The van der Waals surface area contributed by atoms with Gasteiger partial charge in [0.25, 0.3) is 0 Å². The molecule has 1 aliphatic rings. The van der Waals surface area contributed by atoms with E-state index in [1.807, 2.05) is 36.4 Å². The highest BCUT2D eigenvalue weighted by molar-refractivity contribution is 5.76. The molecule has 126 valence electrons. The summed E-state index contributed by atoms with van der Waals surface area (Å²) in [4.78, 5) is 11.9. The van der Waals surface area contributed by atoms with Crippen LogP contribution in [0.2, 0.25) is 0 Å². The summed E-state index contributed by atoms with van der Waals surface area (Å²) < 4.78 is 5.77. The zero-order chi connectivity index (χ0) is 16.6. The van der Waals surface area contributed by atoms with Crippen LogP contribution in [0.15, 0.2) is 48.5 Å². The predicted molar refractivity (Wildman–Crippen MR) is 96.4 cm³/mol. The summed E-state index contributed by atoms with van der Waals surface area (Å²) in [5, 5.41) is 2.92. The van der Waals surface area contributed by atoms with Gasteiger partial charge in [0.1, 0.15) is 12.4 Å². The Kier molecular flexibility index (Phi) is 5.89. The van der Waals surface area contributed by atoms with Gasteiger partial charge < -0.3 is 10.1 Å². The summed E-state index contributed by atoms with van der Waals surface area (Å²) in [6.07, 6.45) is 6.20. The average molecular weight is 323 g/mol. The number of nitrogens with one attached hydrogen (secondary N) is 1. The van der Waals surface area contributed by atoms with Gasteiger partial charge in [0.2, 0.25) is 5.91 Å². The molecule has 0 radical (unpaired) electrons. The van der Waals surface area contributed by atoms with E-state index >= 15 is 0 Å². The zero-order valence-electron chi connectivity index (χ0n) is 14.1. The molecule has 1 amide bonds. The lowest BCUT2D eigenvalue weighted by atomic mass is 9.92. The van der Waals surface area contributed by atoms with Gasteiger partial charge in [-0.15, -0.1) is 0 Å². The summed E-state index contributed by atoms with van der Waals surface area (Å²) in [5.74, 6) is 0.988. The first-order chi connectivity index (χ1) is 11.8. The first kappa shape index (κ1) is 16.6. The van der Waals surface area contributed by atoms with E-state index in [0.717, 1.165) is 18.6 Å². The molecule has 0 unspecified atom stereocenters. The van der Waals surface area contributed by atoms with Gasteiger partial charge >= 0.3 is 0 Å². The molecule has 2 aromatic rings. The smallest absolute Gasteiger partial charge is 0.220 e. The Hall–Kier alpha value is -2.29. The highest BCUT2D eigenvalue weighted by Crippen LogP contribution is 2.25. The molecule has 0 spiro atoms. The molecule has 1 aliphatic carbocycles. The highest BCUT2D eigenvalue weighted by atomic mass is 16.5. The number of ether oxygens (including phenoxy) is 1. The number of fused-ring (bicyclic) bond motifs is 1. The van der Waals surface area contributed by atoms with Crippen LogP contribution in [-0.4, -0.2) is 19.1 Å². The lowest BCUT2D eigenvalue weighted by Gasteiger charge is -2.16. The second-order valence-electron chi connectivity index (χ2n) is 6.32. The summed E-state index contributed by atoms with van der Waals surface area (Å²) >= 11 is 0. The SMILES string of the molecule is O=C(CCc1ccccc1)NCCOc1ccc2c(c1)CCCC2. The molecule has 0 saturated heterocycles. The van der Waals surface area contributed by atoms with E-state index in [4.69, 9.17) is 4.74 Å². The van der Waals surface area contributed by atoms with Gasteiger partial charge in [-0.1, -0.05) is 36.4 Å². The van der Waals surface area contributed by atoms with Crippen molar-refractivity contribution in [3.63, 3.8) is 0 Å². The molecule has 24 heavy (non-hydrogen) atoms. The van der Waals surface area contributed by atoms with Crippen molar-refractivity contribution >= 4 is 5.91 Å². The van der Waals surface area contributed by atoms with Crippen molar-refractivity contribution < 1.29 is 9.53 Å². The van der Waals surface area contributed by atoms with E-state index in [2.05, 4.69) is 17.4 Å². The Labute approximate surface area is 144 Å². The number of carbonyl (C=O) groups excluding carboxylic acids is 1. The first-order valence-electron chi connectivity index (χ1n) is 8.86. The maximum Gasteiger partial charge on any atom is 0.220 e. The highest BCUT2D eigenvalue weighted by Gasteiger charge is 2.09. The number of hydrogen-bond donors (Lipinski definition) is 1. The molecule has 3 heteroatoms. The van der Waals surface area contributed by atoms with Gasteiger partial charge in [-0.05, 0) is 60.9 Å². The predicted octanol–water partition coefficient (Wildman–Crippen LogP) is 3.69. The van der Waals surface area contributed by atoms with E-state index in [-0.39, 0.29) is 5.91 Å². The summed E-state index contributed by atoms with van der Waals surface area (Å²) in [7, 11) is 0. The Bertz CT molecular complexity index is 667. The van der Waals surface area contributed by atoms with E-state index in [1.165, 1.54) is 36.0 Å². The maximum absolute atomic E-state index is 11.9. The molecular formula is C21H25NO2. The lowest BCUT2D eigenvalue weighted by Crippen LogP contribution is -2.28. The van der Waals surface area contributed by atoms with Gasteiger partial charge in [-0.3, -0.25) is 4.79 Å². The average Bonchev–Trinajstić information content (AvgIpc) is 2.64. The van der Waals surface area contributed by atoms with Crippen LogP contribution in [0.3, 0.4) is 0 Å². The molecule has 0 saturated carbocycles. The van der Waals surface area contributed by atoms with E-state index < -0.39 is 0 Å². The number of hydrogen-bond acceptors (Lipinski definition) is 2. The molecule has 0 bridgehead atoms. The quantitative estimate of drug-likeness (QED) is 0.789. The summed E-state index contributed by atoms with van der Waals surface area (Å²) in [6.45, 7) is 1.06. The van der Waals surface area contributed by atoms with E-state index in [1.54, 1.807) is 0 Å². The van der Waals surface area contributed by atoms with Crippen LogP contribution in [-0.2, 0) is 24.1 Å². The minimum atomic E-state index is 0.0768. The fourth-order valence-electron chi connectivity index (χ4n) is 3.15. The molecule has 0 heterocycles. The Balaban J connectivity index is 1.35. The van der Waals surface area contributed by atoms with Crippen molar-refractivity contribution in [2.24, 2.45) is 0 Å². The monoisotopic (exact) mass is 323 g/mol. The van der Waals surface area contributed by atoms with E-state index in [9.17, 15) is 4.79 Å². The molecule has 0 fully saturated rings. The second kappa shape index (κ2) is 8.53. The number of carbonyl (C=O) groups is 1. The third-order valence-corrected chi connectivity index (χ3v) is 4.50. The topological polar surface area (TPSA) is 38.3 Å². The Morgan fingerprint density at radius 2 is 1.79 bits per heavy atom. The van der Waals surface area contributed by atoms with Crippen LogP contribution in [0, 0.1) is 0 Å². The van der Waals surface area contributed by atoms with Crippen molar-refractivity contribution in [3.8, 4) is 5.75 Å². The van der Waals surface area contributed by atoms with Gasteiger partial charge in [-0.2, -0.15) is 0 Å². The fourth-order valence-corrected chi connectivity index (χ4v) is 3.15. The normalized spacial score (nSPS) is 13.2. The molecule has 2 aromatic carbocycles. The van der Waals surface area contributed by atoms with Crippen molar-refractivity contribution in [2.75, 3.05) is 13.2 Å². The van der Waals surface area contributed by atoms with Gasteiger partial charge in [-0.25, -0.2) is 0 Å². The van der Waals surface area contributed by atoms with Crippen LogP contribution >= 0.6 is 0 Å². The van der Waals surface area contributed by atoms with Crippen molar-refractivity contribution in [2.45, 2.75) is 38.5 Å². The Morgan fingerprint density at radius 3 is 2.62 bits per heavy atom. The lowest BCUT2D eigenvalue weighted by molar-refractivity contribution is -0.121. The summed E-state index contributed by atoms with van der Waals surface area (Å²) in [6, 6.07) is 16.5. The second-order valence-corrected chi connectivity index (χ2v) is 6.32. The zero-order valence-corrected chi connectivity index (χ0v) is 14.1. The number of aryl methyl sites for hydroxylation is 3. The number of amides is 1. The molecule has 0 atom stereocenters. The molecule has 3 nitrogen and oxygen atoms in total. The number of benzene rings is 2. The molecule has 0 aromatic heterocycles. The van der Waals surface area contributed by atoms with Gasteiger partial charge in [0.05, 0.1) is 6.54 Å². The van der Waals surface area contributed by atoms with Gasteiger partial charge in [0.15, 0.2) is 0 Å². The third kappa shape index (κ3) is 4.85. The van der Waals surface area contributed by atoms with Crippen molar-refractivity contribution in [1.29, 1.82) is 0 Å². The van der Waals surface area contributed by atoms with Crippen LogP contribution < -0.4 is 10.1 Å². The first-order valence-corrected chi connectivity index (χ1v) is 8.86. The maximum atomic E-state index is 11.9. The molecule has 1 N–H and O–H groups in total. The minimum Gasteiger partial charge on any atom is -0.492 e. The third-order valence-electron chi connectivity index (χ3n) is 4.50. The van der Waals surface area contributed by atoms with Crippen molar-refractivity contribution in [1.82, 2.24) is 5.32 Å². The molecular weight excluding hydrogens is 298 g/mol. The molecule has 3 rings (SSSR count). The van der Waals surface area contributed by atoms with Crippen LogP contribution in [0.4, 0.5) is 0 Å². The summed E-state index contributed by atoms with van der Waals surface area (Å²) in [5.41, 5.74) is 4.08. The van der Waals surface area contributed by atoms with Crippen molar-refractivity contribution in [3.05, 3.63) is 65.2 Å². The van der Waals surface area contributed by atoms with Crippen LogP contribution in [0.25, 0.3) is 0 Å². The minimum absolute atomic E-state index is 0.0768.